The number of nitrogens with one attached hydrogen (secondary N) is 1. The van der Waals surface area contributed by atoms with E-state index in [-0.39, 0.29) is 17.6 Å². The molecule has 2 atom stereocenters. The number of carboxylic acids is 1. The standard InChI is InChI=1S/C15H25NO4/c1-10-5-6-11(13(17)18)7-8-12(9-10)20-14(19)16-15(2,3)4/h9,11-12H,5-8H2,1-4H3,(H,16,19)(H,17,18)/b10-9+. The molecule has 0 aromatic carbocycles. The van der Waals surface area contributed by atoms with Gasteiger partial charge in [-0.05, 0) is 59.5 Å². The molecule has 5 heteroatoms. The van der Waals surface area contributed by atoms with E-state index in [1.54, 1.807) is 0 Å². The van der Waals surface area contributed by atoms with Crippen molar-refractivity contribution in [2.24, 2.45) is 5.92 Å². The predicted molar refractivity (Wildman–Crippen MR) is 76.5 cm³/mol. The summed E-state index contributed by atoms with van der Waals surface area (Å²) in [7, 11) is 0. The first-order valence-electron chi connectivity index (χ1n) is 7.06. The van der Waals surface area contributed by atoms with Crippen molar-refractivity contribution >= 4 is 12.1 Å². The van der Waals surface area contributed by atoms with E-state index >= 15 is 0 Å². The maximum absolute atomic E-state index is 11.8. The molecule has 0 radical (unpaired) electrons. The molecule has 0 aromatic heterocycles. The minimum absolute atomic E-state index is 0.346. The highest BCUT2D eigenvalue weighted by Crippen LogP contribution is 2.24. The van der Waals surface area contributed by atoms with E-state index in [0.717, 1.165) is 12.0 Å². The van der Waals surface area contributed by atoms with Crippen molar-refractivity contribution in [2.75, 3.05) is 0 Å². The summed E-state index contributed by atoms with van der Waals surface area (Å²) < 4.78 is 5.38. The fraction of sp³-hybridized carbons (Fsp3) is 0.733. The highest BCUT2D eigenvalue weighted by atomic mass is 16.6. The molecule has 1 aliphatic rings. The van der Waals surface area contributed by atoms with Gasteiger partial charge in [0.25, 0.3) is 0 Å². The fourth-order valence-electron chi connectivity index (χ4n) is 2.21. The van der Waals surface area contributed by atoms with Gasteiger partial charge in [-0.1, -0.05) is 5.57 Å². The number of carbonyl (C=O) groups is 2. The van der Waals surface area contributed by atoms with Crippen molar-refractivity contribution in [3.05, 3.63) is 11.6 Å². The third kappa shape index (κ3) is 6.08. The molecule has 0 aromatic rings. The molecular weight excluding hydrogens is 258 g/mol. The summed E-state index contributed by atoms with van der Waals surface area (Å²) in [6.45, 7) is 7.60. The maximum Gasteiger partial charge on any atom is 0.408 e. The van der Waals surface area contributed by atoms with Crippen LogP contribution in [-0.4, -0.2) is 28.8 Å². The predicted octanol–water partition coefficient (Wildman–Crippen LogP) is 3.10. The van der Waals surface area contributed by atoms with Crippen LogP contribution in [0.3, 0.4) is 0 Å². The Hall–Kier alpha value is -1.52. The van der Waals surface area contributed by atoms with Crippen LogP contribution in [-0.2, 0) is 9.53 Å². The molecule has 114 valence electrons. The van der Waals surface area contributed by atoms with Crippen LogP contribution < -0.4 is 5.32 Å². The Bertz CT molecular complexity index is 395. The summed E-state index contributed by atoms with van der Waals surface area (Å²) in [5.74, 6) is -1.12. The zero-order valence-electron chi connectivity index (χ0n) is 12.7. The Labute approximate surface area is 120 Å². The van der Waals surface area contributed by atoms with E-state index in [1.807, 2.05) is 33.8 Å². The minimum atomic E-state index is -0.766. The lowest BCUT2D eigenvalue weighted by Gasteiger charge is -2.24. The first-order chi connectivity index (χ1) is 9.17. The molecule has 2 N–H and O–H groups in total. The Morgan fingerprint density at radius 1 is 1.30 bits per heavy atom. The lowest BCUT2D eigenvalue weighted by Crippen LogP contribution is -2.42. The molecule has 20 heavy (non-hydrogen) atoms. The molecule has 0 bridgehead atoms. The lowest BCUT2D eigenvalue weighted by atomic mass is 9.90. The van der Waals surface area contributed by atoms with Gasteiger partial charge in [-0.25, -0.2) is 4.79 Å². The maximum atomic E-state index is 11.8. The van der Waals surface area contributed by atoms with Crippen molar-refractivity contribution in [1.82, 2.24) is 5.32 Å². The highest BCUT2D eigenvalue weighted by molar-refractivity contribution is 5.70. The molecule has 5 nitrogen and oxygen atoms in total. The quantitative estimate of drug-likeness (QED) is 0.763. The zero-order chi connectivity index (χ0) is 15.3. The number of amides is 1. The van der Waals surface area contributed by atoms with Gasteiger partial charge in [-0.2, -0.15) is 0 Å². The van der Waals surface area contributed by atoms with Gasteiger partial charge in [0.15, 0.2) is 0 Å². The first kappa shape index (κ1) is 16.5. The summed E-state index contributed by atoms with van der Waals surface area (Å²) in [4.78, 5) is 22.9. The summed E-state index contributed by atoms with van der Waals surface area (Å²) >= 11 is 0. The molecule has 0 aliphatic heterocycles. The number of allylic oxidation sites excluding steroid dienone is 1. The zero-order valence-corrected chi connectivity index (χ0v) is 12.7. The van der Waals surface area contributed by atoms with Gasteiger partial charge in [0, 0.05) is 5.54 Å². The van der Waals surface area contributed by atoms with E-state index < -0.39 is 12.1 Å². The molecule has 1 rings (SSSR count). The number of aliphatic carboxylic acids is 1. The van der Waals surface area contributed by atoms with Crippen LogP contribution in [0.1, 0.15) is 53.4 Å². The number of alkyl carbamates (subject to hydrolysis) is 1. The normalized spacial score (nSPS) is 26.7. The molecule has 0 saturated carbocycles. The van der Waals surface area contributed by atoms with Crippen molar-refractivity contribution in [1.29, 1.82) is 0 Å². The number of ether oxygens (including phenoxy) is 1. The molecule has 0 spiro atoms. The van der Waals surface area contributed by atoms with Gasteiger partial charge >= 0.3 is 12.1 Å². The van der Waals surface area contributed by atoms with Gasteiger partial charge in [0.1, 0.15) is 6.10 Å². The van der Waals surface area contributed by atoms with Gasteiger partial charge < -0.3 is 15.2 Å². The van der Waals surface area contributed by atoms with Crippen LogP contribution in [0.25, 0.3) is 0 Å². The lowest BCUT2D eigenvalue weighted by molar-refractivity contribution is -0.142. The third-order valence-electron chi connectivity index (χ3n) is 3.24. The average Bonchev–Trinajstić information content (AvgIpc) is 2.22. The van der Waals surface area contributed by atoms with Crippen LogP contribution in [0, 0.1) is 5.92 Å². The Balaban J connectivity index is 2.64. The Morgan fingerprint density at radius 2 is 1.95 bits per heavy atom. The largest absolute Gasteiger partial charge is 0.481 e. The van der Waals surface area contributed by atoms with E-state index in [9.17, 15) is 9.59 Å². The molecular formula is C15H25NO4. The fourth-order valence-corrected chi connectivity index (χ4v) is 2.21. The van der Waals surface area contributed by atoms with Gasteiger partial charge in [0.05, 0.1) is 5.92 Å². The van der Waals surface area contributed by atoms with Crippen LogP contribution in [0.2, 0.25) is 0 Å². The second kappa shape index (κ2) is 6.77. The molecule has 1 amide bonds. The topological polar surface area (TPSA) is 75.6 Å². The van der Waals surface area contributed by atoms with Crippen molar-refractivity contribution in [3.63, 3.8) is 0 Å². The third-order valence-corrected chi connectivity index (χ3v) is 3.24. The van der Waals surface area contributed by atoms with Crippen LogP contribution >= 0.6 is 0 Å². The molecule has 0 heterocycles. The number of carbonyl (C=O) groups excluding carboxylic acids is 1. The summed E-state index contributed by atoms with van der Waals surface area (Å²) in [5, 5.41) is 11.9. The number of hydrogen-bond acceptors (Lipinski definition) is 3. The van der Waals surface area contributed by atoms with Gasteiger partial charge in [-0.3, -0.25) is 4.79 Å². The van der Waals surface area contributed by atoms with Crippen molar-refractivity contribution in [3.8, 4) is 0 Å². The number of hydrogen-bond donors (Lipinski definition) is 2. The summed E-state index contributed by atoms with van der Waals surface area (Å²) in [5.41, 5.74) is 0.727. The monoisotopic (exact) mass is 283 g/mol. The molecule has 1 aliphatic carbocycles. The number of rotatable bonds is 2. The van der Waals surface area contributed by atoms with E-state index in [4.69, 9.17) is 9.84 Å². The summed E-state index contributed by atoms with van der Waals surface area (Å²) in [6, 6.07) is 0. The van der Waals surface area contributed by atoms with E-state index in [2.05, 4.69) is 5.32 Å². The van der Waals surface area contributed by atoms with Crippen molar-refractivity contribution < 1.29 is 19.4 Å². The van der Waals surface area contributed by atoms with Gasteiger partial charge in [-0.15, -0.1) is 0 Å². The average molecular weight is 283 g/mol. The second-order valence-corrected chi connectivity index (χ2v) is 6.48. The van der Waals surface area contributed by atoms with Crippen LogP contribution in [0.15, 0.2) is 11.6 Å². The van der Waals surface area contributed by atoms with Crippen LogP contribution in [0.5, 0.6) is 0 Å². The molecule has 0 saturated heterocycles. The molecule has 0 fully saturated rings. The van der Waals surface area contributed by atoms with Crippen LogP contribution in [0.4, 0.5) is 4.79 Å². The van der Waals surface area contributed by atoms with E-state index in [1.165, 1.54) is 0 Å². The SMILES string of the molecule is C/C1=C\C(OC(=O)NC(C)(C)C)CCC(C(=O)O)CC1. The Morgan fingerprint density at radius 3 is 2.50 bits per heavy atom. The van der Waals surface area contributed by atoms with E-state index in [0.29, 0.717) is 19.3 Å². The molecule has 2 unspecified atom stereocenters. The highest BCUT2D eigenvalue weighted by Gasteiger charge is 2.24. The summed E-state index contributed by atoms with van der Waals surface area (Å²) in [6.07, 6.45) is 3.59. The smallest absolute Gasteiger partial charge is 0.408 e. The second-order valence-electron chi connectivity index (χ2n) is 6.48. The number of carboxylic acid groups (broad SMARTS) is 1. The van der Waals surface area contributed by atoms with Crippen molar-refractivity contribution in [2.45, 2.75) is 65.0 Å². The first-order valence-corrected chi connectivity index (χ1v) is 7.06. The van der Waals surface area contributed by atoms with Gasteiger partial charge in [0.2, 0.25) is 0 Å². The minimum Gasteiger partial charge on any atom is -0.481 e. The Kier molecular flexibility index (Phi) is 5.60.